The van der Waals surface area contributed by atoms with Crippen molar-refractivity contribution in [1.29, 1.82) is 0 Å². The van der Waals surface area contributed by atoms with Gasteiger partial charge in [-0.25, -0.2) is 0 Å². The minimum absolute atomic E-state index is 0.0367. The highest BCUT2D eigenvalue weighted by Crippen LogP contribution is 2.73. The Morgan fingerprint density at radius 2 is 1.59 bits per heavy atom. The van der Waals surface area contributed by atoms with Crippen molar-refractivity contribution >= 4 is 11.6 Å². The van der Waals surface area contributed by atoms with Crippen molar-refractivity contribution in [3.63, 3.8) is 0 Å². The molecule has 27 heavy (non-hydrogen) atoms. The Morgan fingerprint density at radius 3 is 2.04 bits per heavy atom. The van der Waals surface area contributed by atoms with Crippen LogP contribution in [0.4, 0.5) is 0 Å². The minimum Gasteiger partial charge on any atom is -0.299 e. The molecule has 2 nitrogen and oxygen atoms in total. The molecule has 0 aliphatic heterocycles. The average Bonchev–Trinajstić information content (AvgIpc) is 2.87. The number of fused-ring (bicyclic) bond motifs is 2. The van der Waals surface area contributed by atoms with Gasteiger partial charge in [-0.3, -0.25) is 9.59 Å². The highest BCUT2D eigenvalue weighted by Gasteiger charge is 2.74. The zero-order chi connectivity index (χ0) is 20.4. The summed E-state index contributed by atoms with van der Waals surface area (Å²) < 4.78 is 0. The summed E-state index contributed by atoms with van der Waals surface area (Å²) in [5, 5.41) is 0. The molecule has 0 amide bonds. The molecule has 2 aliphatic carbocycles. The number of ketones is 2. The smallest absolute Gasteiger partial charge is 0.167 e. The van der Waals surface area contributed by atoms with Gasteiger partial charge in [0.2, 0.25) is 0 Å². The quantitative estimate of drug-likeness (QED) is 0.595. The zero-order valence-electron chi connectivity index (χ0n) is 18.3. The van der Waals surface area contributed by atoms with Crippen molar-refractivity contribution in [3.8, 4) is 0 Å². The van der Waals surface area contributed by atoms with Crippen LogP contribution in [0.1, 0.15) is 78.6 Å². The lowest BCUT2D eigenvalue weighted by Crippen LogP contribution is -2.52. The molecule has 1 aromatic rings. The number of Topliss-reactive ketones (excluding diaryl/α,β-unsaturated/α-hetero) is 2. The molecule has 2 saturated carbocycles. The largest absolute Gasteiger partial charge is 0.299 e. The summed E-state index contributed by atoms with van der Waals surface area (Å²) in [7, 11) is 0. The van der Waals surface area contributed by atoms with E-state index >= 15 is 0 Å². The van der Waals surface area contributed by atoms with Gasteiger partial charge in [-0.15, -0.1) is 0 Å². The van der Waals surface area contributed by atoms with Crippen molar-refractivity contribution in [2.24, 2.45) is 39.4 Å². The maximum Gasteiger partial charge on any atom is 0.167 e. The lowest BCUT2D eigenvalue weighted by atomic mass is 9.53. The molecule has 2 aliphatic rings. The van der Waals surface area contributed by atoms with Crippen molar-refractivity contribution in [2.45, 2.75) is 68.2 Å². The van der Waals surface area contributed by atoms with E-state index in [0.29, 0.717) is 11.7 Å². The molecule has 4 atom stereocenters. The molecule has 0 heterocycles. The molecule has 4 unspecified atom stereocenters. The normalized spacial score (nSPS) is 31.2. The SMILES string of the molecule is CC(C)(C)C1C(=O)C2(C(C(=O)c3ccccc3)C(C)(C)C)CCC1C2(C)C. The van der Waals surface area contributed by atoms with Crippen molar-refractivity contribution < 1.29 is 9.59 Å². The van der Waals surface area contributed by atoms with Gasteiger partial charge in [0.1, 0.15) is 5.78 Å². The zero-order valence-corrected chi connectivity index (χ0v) is 18.3. The number of carbonyl (C=O) groups excluding carboxylic acids is 2. The second-order valence-corrected chi connectivity index (χ2v) is 11.6. The van der Waals surface area contributed by atoms with Crippen molar-refractivity contribution in [1.82, 2.24) is 0 Å². The van der Waals surface area contributed by atoms with Crippen LogP contribution in [0.2, 0.25) is 0 Å². The Kier molecular flexibility index (Phi) is 4.53. The van der Waals surface area contributed by atoms with E-state index in [4.69, 9.17) is 0 Å². The van der Waals surface area contributed by atoms with Gasteiger partial charge < -0.3 is 0 Å². The van der Waals surface area contributed by atoms with Gasteiger partial charge in [0.25, 0.3) is 0 Å². The molecule has 0 spiro atoms. The predicted octanol–water partition coefficient (Wildman–Crippen LogP) is 6.20. The molecule has 0 aromatic heterocycles. The number of benzene rings is 1. The Bertz CT molecular complexity index is 745. The van der Waals surface area contributed by atoms with Crippen molar-refractivity contribution in [3.05, 3.63) is 35.9 Å². The first kappa shape index (κ1) is 20.3. The summed E-state index contributed by atoms with van der Waals surface area (Å²) in [6.07, 6.45) is 1.89. The molecule has 0 saturated heterocycles. The Hall–Kier alpha value is -1.44. The van der Waals surface area contributed by atoms with Gasteiger partial charge in [-0.05, 0) is 35.0 Å². The summed E-state index contributed by atoms with van der Waals surface area (Å²) in [5.74, 6) is 0.584. The van der Waals surface area contributed by atoms with E-state index in [9.17, 15) is 9.59 Å². The van der Waals surface area contributed by atoms with Crippen LogP contribution in [-0.2, 0) is 4.79 Å². The summed E-state index contributed by atoms with van der Waals surface area (Å²) in [4.78, 5) is 27.8. The number of hydrogen-bond acceptors (Lipinski definition) is 2. The summed E-state index contributed by atoms with van der Waals surface area (Å²) >= 11 is 0. The minimum atomic E-state index is -0.569. The fourth-order valence-electron chi connectivity index (χ4n) is 6.66. The Balaban J connectivity index is 2.20. The molecule has 2 fully saturated rings. The van der Waals surface area contributed by atoms with Gasteiger partial charge in [0.15, 0.2) is 5.78 Å². The van der Waals surface area contributed by atoms with Crippen LogP contribution < -0.4 is 0 Å². The van der Waals surface area contributed by atoms with Crippen LogP contribution in [0.15, 0.2) is 30.3 Å². The van der Waals surface area contributed by atoms with Crippen LogP contribution in [0.25, 0.3) is 0 Å². The molecule has 0 radical (unpaired) electrons. The number of carbonyl (C=O) groups is 2. The molecule has 3 rings (SSSR count). The highest BCUT2D eigenvalue weighted by molar-refractivity contribution is 6.04. The first-order valence-corrected chi connectivity index (χ1v) is 10.4. The van der Waals surface area contributed by atoms with Crippen LogP contribution in [0.3, 0.4) is 0 Å². The average molecular weight is 369 g/mol. The van der Waals surface area contributed by atoms with Crippen LogP contribution in [0, 0.1) is 39.4 Å². The highest BCUT2D eigenvalue weighted by atomic mass is 16.1. The van der Waals surface area contributed by atoms with E-state index < -0.39 is 5.41 Å². The summed E-state index contributed by atoms with van der Waals surface area (Å²) in [6.45, 7) is 17.5. The van der Waals surface area contributed by atoms with Crippen molar-refractivity contribution in [2.75, 3.05) is 0 Å². The summed E-state index contributed by atoms with van der Waals surface area (Å²) in [5.41, 5.74) is -0.343. The van der Waals surface area contributed by atoms with E-state index in [-0.39, 0.29) is 33.9 Å². The third-order valence-electron chi connectivity index (χ3n) is 7.66. The van der Waals surface area contributed by atoms with Gasteiger partial charge in [0, 0.05) is 22.8 Å². The van der Waals surface area contributed by atoms with Gasteiger partial charge in [0.05, 0.1) is 0 Å². The first-order chi connectivity index (χ1) is 12.3. The lowest BCUT2D eigenvalue weighted by Gasteiger charge is -2.48. The first-order valence-electron chi connectivity index (χ1n) is 10.4. The maximum atomic E-state index is 14.0. The molecule has 148 valence electrons. The number of hydrogen-bond donors (Lipinski definition) is 0. The molecule has 0 N–H and O–H groups in total. The lowest BCUT2D eigenvalue weighted by molar-refractivity contribution is -0.141. The van der Waals surface area contributed by atoms with Gasteiger partial charge in [-0.2, -0.15) is 0 Å². The van der Waals surface area contributed by atoms with E-state index in [1.165, 1.54) is 0 Å². The fourth-order valence-corrected chi connectivity index (χ4v) is 6.66. The molecular weight excluding hydrogens is 332 g/mol. The van der Waals surface area contributed by atoms with E-state index in [1.54, 1.807) is 0 Å². The van der Waals surface area contributed by atoms with Crippen LogP contribution >= 0.6 is 0 Å². The maximum absolute atomic E-state index is 14.0. The topological polar surface area (TPSA) is 34.1 Å². The standard InChI is InChI=1S/C25H36O2/c1-22(2,3)18-17-14-15-25(21(18)27,24(17,7)8)20(23(4,5)6)19(26)16-12-10-9-11-13-16/h9-13,17-18,20H,14-15H2,1-8H3. The second kappa shape index (κ2) is 6.03. The third-order valence-corrected chi connectivity index (χ3v) is 7.66. The van der Waals surface area contributed by atoms with Gasteiger partial charge in [-0.1, -0.05) is 85.7 Å². The second-order valence-electron chi connectivity index (χ2n) is 11.6. The summed E-state index contributed by atoms with van der Waals surface area (Å²) in [6, 6.07) is 9.58. The number of rotatable bonds is 3. The monoisotopic (exact) mass is 368 g/mol. The van der Waals surface area contributed by atoms with E-state index in [2.05, 4.69) is 55.4 Å². The van der Waals surface area contributed by atoms with Crippen LogP contribution in [0.5, 0.6) is 0 Å². The Labute approximate surface area is 165 Å². The van der Waals surface area contributed by atoms with E-state index in [0.717, 1.165) is 18.4 Å². The predicted molar refractivity (Wildman–Crippen MR) is 111 cm³/mol. The van der Waals surface area contributed by atoms with Crippen LogP contribution in [-0.4, -0.2) is 11.6 Å². The van der Waals surface area contributed by atoms with Gasteiger partial charge >= 0.3 is 0 Å². The Morgan fingerprint density at radius 1 is 1.04 bits per heavy atom. The third kappa shape index (κ3) is 2.74. The molecule has 1 aromatic carbocycles. The fraction of sp³-hybridized carbons (Fsp3) is 0.680. The molecule has 2 bridgehead atoms. The molecule has 2 heteroatoms. The molecular formula is C25H36O2. The van der Waals surface area contributed by atoms with E-state index in [1.807, 2.05) is 30.3 Å².